The zero-order chi connectivity index (χ0) is 19.6. The van der Waals surface area contributed by atoms with Gasteiger partial charge in [0, 0.05) is 32.2 Å². The first-order valence-corrected chi connectivity index (χ1v) is 9.41. The van der Waals surface area contributed by atoms with Crippen molar-refractivity contribution in [1.29, 1.82) is 0 Å². The fraction of sp³-hybridized carbons (Fsp3) is 0.364. The first-order valence-electron chi connectivity index (χ1n) is 9.41. The summed E-state index contributed by atoms with van der Waals surface area (Å²) in [6.07, 6.45) is 1.38. The number of carbonyl (C=O) groups is 1. The molecule has 0 spiro atoms. The molecule has 5 heteroatoms. The molecule has 0 bridgehead atoms. The van der Waals surface area contributed by atoms with Crippen LogP contribution in [0.25, 0.3) is 0 Å². The van der Waals surface area contributed by atoms with E-state index in [0.29, 0.717) is 13.0 Å². The van der Waals surface area contributed by atoms with Crippen molar-refractivity contribution in [1.82, 2.24) is 10.6 Å². The van der Waals surface area contributed by atoms with Gasteiger partial charge in [0.15, 0.2) is 5.96 Å². The molecular formula is C22H30N4O. The molecule has 3 N–H and O–H groups in total. The molecule has 0 saturated carbocycles. The molecule has 1 amide bonds. The molecule has 0 unspecified atom stereocenters. The Morgan fingerprint density at radius 3 is 2.52 bits per heavy atom. The van der Waals surface area contributed by atoms with Crippen molar-refractivity contribution in [3.05, 3.63) is 64.7 Å². The molecule has 0 radical (unpaired) electrons. The molecule has 2 aromatic carbocycles. The van der Waals surface area contributed by atoms with Crippen LogP contribution in [0, 0.1) is 13.8 Å². The number of rotatable bonds is 7. The van der Waals surface area contributed by atoms with Crippen molar-refractivity contribution in [3.63, 3.8) is 0 Å². The third-order valence-electron chi connectivity index (χ3n) is 4.32. The second-order valence-corrected chi connectivity index (χ2v) is 6.71. The fourth-order valence-electron chi connectivity index (χ4n) is 2.84. The molecule has 0 heterocycles. The van der Waals surface area contributed by atoms with Crippen LogP contribution >= 0.6 is 0 Å². The summed E-state index contributed by atoms with van der Waals surface area (Å²) in [6, 6.07) is 14.3. The number of anilines is 1. The predicted molar refractivity (Wildman–Crippen MR) is 113 cm³/mol. The van der Waals surface area contributed by atoms with Crippen LogP contribution in [0.3, 0.4) is 0 Å². The Hall–Kier alpha value is -2.82. The lowest BCUT2D eigenvalue weighted by atomic mass is 10.1. The quantitative estimate of drug-likeness (QED) is 0.514. The number of amides is 1. The van der Waals surface area contributed by atoms with Crippen molar-refractivity contribution >= 4 is 17.6 Å². The molecule has 0 saturated heterocycles. The van der Waals surface area contributed by atoms with Gasteiger partial charge in [0.25, 0.3) is 0 Å². The van der Waals surface area contributed by atoms with E-state index in [1.165, 1.54) is 16.7 Å². The number of nitrogens with one attached hydrogen (secondary N) is 3. The van der Waals surface area contributed by atoms with Crippen molar-refractivity contribution in [3.8, 4) is 0 Å². The summed E-state index contributed by atoms with van der Waals surface area (Å²) in [5, 5.41) is 9.60. The highest BCUT2D eigenvalue weighted by atomic mass is 16.1. The van der Waals surface area contributed by atoms with Crippen LogP contribution in [0.1, 0.15) is 42.0 Å². The first-order chi connectivity index (χ1) is 13.0. The van der Waals surface area contributed by atoms with Crippen LogP contribution in [0.15, 0.2) is 47.5 Å². The minimum Gasteiger partial charge on any atom is -0.352 e. The van der Waals surface area contributed by atoms with Gasteiger partial charge in [-0.05, 0) is 49.1 Å². The third-order valence-corrected chi connectivity index (χ3v) is 4.32. The van der Waals surface area contributed by atoms with E-state index in [2.05, 4.69) is 53.0 Å². The summed E-state index contributed by atoms with van der Waals surface area (Å²) in [5.74, 6) is 0.795. The van der Waals surface area contributed by atoms with Crippen LogP contribution in [0.5, 0.6) is 0 Å². The lowest BCUT2D eigenvalue weighted by molar-refractivity contribution is -0.116. The van der Waals surface area contributed by atoms with Gasteiger partial charge in [-0.1, -0.05) is 42.8 Å². The van der Waals surface area contributed by atoms with Crippen molar-refractivity contribution < 1.29 is 4.79 Å². The maximum Gasteiger partial charge on any atom is 0.224 e. The van der Waals surface area contributed by atoms with E-state index in [9.17, 15) is 4.79 Å². The van der Waals surface area contributed by atoms with E-state index in [1.54, 1.807) is 7.05 Å². The SMILES string of the molecule is CCCC(=O)Nc1cccc(CNC(=NC)NCc2ccc(C)cc2C)c1. The zero-order valence-corrected chi connectivity index (χ0v) is 16.7. The standard InChI is InChI=1S/C22H30N4O/c1-5-7-21(27)26-20-9-6-8-18(13-20)14-24-22(23-4)25-15-19-11-10-16(2)12-17(19)3/h6,8-13H,5,7,14-15H2,1-4H3,(H,26,27)(H2,23,24,25). The highest BCUT2D eigenvalue weighted by Gasteiger charge is 2.04. The zero-order valence-electron chi connectivity index (χ0n) is 16.7. The maximum atomic E-state index is 11.7. The Morgan fingerprint density at radius 1 is 1.04 bits per heavy atom. The molecule has 5 nitrogen and oxygen atoms in total. The highest BCUT2D eigenvalue weighted by Crippen LogP contribution is 2.12. The summed E-state index contributed by atoms with van der Waals surface area (Å²) < 4.78 is 0. The molecule has 2 rings (SSSR count). The second-order valence-electron chi connectivity index (χ2n) is 6.71. The van der Waals surface area contributed by atoms with Crippen molar-refractivity contribution in [2.45, 2.75) is 46.7 Å². The van der Waals surface area contributed by atoms with Gasteiger partial charge < -0.3 is 16.0 Å². The Labute approximate surface area is 162 Å². The van der Waals surface area contributed by atoms with E-state index >= 15 is 0 Å². The van der Waals surface area contributed by atoms with Crippen LogP contribution in [-0.4, -0.2) is 18.9 Å². The number of carbonyl (C=O) groups excluding carboxylic acids is 1. The van der Waals surface area contributed by atoms with E-state index in [4.69, 9.17) is 0 Å². The minimum atomic E-state index is 0.0496. The van der Waals surface area contributed by atoms with Crippen LogP contribution in [0.2, 0.25) is 0 Å². The number of hydrogen-bond acceptors (Lipinski definition) is 2. The Morgan fingerprint density at radius 2 is 1.81 bits per heavy atom. The Balaban J connectivity index is 1.89. The molecule has 0 aromatic heterocycles. The number of benzene rings is 2. The number of hydrogen-bond donors (Lipinski definition) is 3. The largest absolute Gasteiger partial charge is 0.352 e. The van der Waals surface area contributed by atoms with Gasteiger partial charge in [0.05, 0.1) is 0 Å². The number of nitrogens with zero attached hydrogens (tertiary/aromatic N) is 1. The Bertz CT molecular complexity index is 799. The topological polar surface area (TPSA) is 65.5 Å². The summed E-state index contributed by atoms with van der Waals surface area (Å²) in [7, 11) is 1.76. The van der Waals surface area contributed by atoms with E-state index < -0.39 is 0 Å². The maximum absolute atomic E-state index is 11.7. The van der Waals surface area contributed by atoms with Gasteiger partial charge in [-0.2, -0.15) is 0 Å². The normalized spacial score (nSPS) is 11.2. The Kier molecular flexibility index (Phi) is 7.86. The summed E-state index contributed by atoms with van der Waals surface area (Å²) in [4.78, 5) is 16.0. The molecule has 0 atom stereocenters. The second kappa shape index (κ2) is 10.4. The van der Waals surface area contributed by atoms with Gasteiger partial charge in [-0.25, -0.2) is 0 Å². The average molecular weight is 367 g/mol. The lowest BCUT2D eigenvalue weighted by Crippen LogP contribution is -2.36. The van der Waals surface area contributed by atoms with E-state index in [1.807, 2.05) is 31.2 Å². The molecule has 0 fully saturated rings. The molecule has 2 aromatic rings. The number of aryl methyl sites for hydroxylation is 2. The average Bonchev–Trinajstić information content (AvgIpc) is 2.63. The summed E-state index contributed by atoms with van der Waals surface area (Å²) in [6.45, 7) is 7.57. The molecule has 27 heavy (non-hydrogen) atoms. The monoisotopic (exact) mass is 366 g/mol. The molecular weight excluding hydrogens is 336 g/mol. The lowest BCUT2D eigenvalue weighted by Gasteiger charge is -2.14. The predicted octanol–water partition coefficient (Wildman–Crippen LogP) is 3.91. The van der Waals surface area contributed by atoms with Crippen molar-refractivity contribution in [2.24, 2.45) is 4.99 Å². The van der Waals surface area contributed by atoms with Crippen LogP contribution in [0.4, 0.5) is 5.69 Å². The smallest absolute Gasteiger partial charge is 0.224 e. The fourth-order valence-corrected chi connectivity index (χ4v) is 2.84. The third kappa shape index (κ3) is 6.77. The molecule has 144 valence electrons. The first kappa shape index (κ1) is 20.5. The van der Waals surface area contributed by atoms with Crippen molar-refractivity contribution in [2.75, 3.05) is 12.4 Å². The minimum absolute atomic E-state index is 0.0496. The van der Waals surface area contributed by atoms with Crippen LogP contribution < -0.4 is 16.0 Å². The van der Waals surface area contributed by atoms with Gasteiger partial charge in [-0.3, -0.25) is 9.79 Å². The van der Waals surface area contributed by atoms with Crippen LogP contribution in [-0.2, 0) is 17.9 Å². The molecule has 0 aliphatic rings. The number of guanidine groups is 1. The van der Waals surface area contributed by atoms with Gasteiger partial charge in [0.1, 0.15) is 0 Å². The summed E-state index contributed by atoms with van der Waals surface area (Å²) in [5.41, 5.74) is 5.70. The van der Waals surface area contributed by atoms with Gasteiger partial charge >= 0.3 is 0 Å². The van der Waals surface area contributed by atoms with E-state index in [0.717, 1.165) is 30.2 Å². The van der Waals surface area contributed by atoms with Gasteiger partial charge in [0.2, 0.25) is 5.91 Å². The highest BCUT2D eigenvalue weighted by molar-refractivity contribution is 5.90. The summed E-state index contributed by atoms with van der Waals surface area (Å²) >= 11 is 0. The van der Waals surface area contributed by atoms with Gasteiger partial charge in [-0.15, -0.1) is 0 Å². The molecule has 0 aliphatic carbocycles. The van der Waals surface area contributed by atoms with E-state index in [-0.39, 0.29) is 5.91 Å². The molecule has 0 aliphatic heterocycles. The number of aliphatic imine (C=N–C) groups is 1.